The van der Waals surface area contributed by atoms with E-state index in [0.29, 0.717) is 34.9 Å². The molecule has 4 aromatic rings. The third-order valence-electron chi connectivity index (χ3n) is 4.06. The van der Waals surface area contributed by atoms with Crippen molar-refractivity contribution in [3.63, 3.8) is 0 Å². The number of aromatic amines is 1. The van der Waals surface area contributed by atoms with Gasteiger partial charge in [0.15, 0.2) is 11.5 Å². The lowest BCUT2D eigenvalue weighted by Crippen LogP contribution is -2.20. The lowest BCUT2D eigenvalue weighted by Gasteiger charge is -2.06. The normalized spacial score (nSPS) is 11.6. The first-order chi connectivity index (χ1) is 14.1. The molecular formula is C19H15ClFN7O. The number of halogens is 2. The van der Waals surface area contributed by atoms with Gasteiger partial charge in [-0.25, -0.2) is 14.4 Å². The molecule has 0 amide bonds. The standard InChI is InChI=1S/C19H15ClFN7O/c20-14-9-11(4-5-15(14)21)25-17(28-29)13-6-8-23-18-16(13)26-19(27-18)24-10-12-3-1-2-7-22-12/h1-9,29H,10H2,(H,25,28)(H2,23,24,26,27). The Hall–Kier alpha value is -3.56. The molecule has 0 fully saturated rings. The number of nitrogens with one attached hydrogen (secondary N) is 3. The summed E-state index contributed by atoms with van der Waals surface area (Å²) in [4.78, 5) is 20.3. The van der Waals surface area contributed by atoms with Crippen LogP contribution in [-0.2, 0) is 6.54 Å². The molecule has 8 nitrogen and oxygen atoms in total. The van der Waals surface area contributed by atoms with Crippen molar-refractivity contribution in [1.29, 1.82) is 0 Å². The van der Waals surface area contributed by atoms with Crippen molar-refractivity contribution < 1.29 is 9.60 Å². The maximum atomic E-state index is 13.4. The van der Waals surface area contributed by atoms with Gasteiger partial charge in [0.25, 0.3) is 0 Å². The Bertz CT molecular complexity index is 1180. The highest BCUT2D eigenvalue weighted by atomic mass is 35.5. The number of fused-ring (bicyclic) bond motifs is 1. The molecule has 0 saturated heterocycles. The largest absolute Gasteiger partial charge is 0.350 e. The Morgan fingerprint density at radius 2 is 2.07 bits per heavy atom. The summed E-state index contributed by atoms with van der Waals surface area (Å²) in [6.07, 6.45) is 3.26. The average molecular weight is 412 g/mol. The van der Waals surface area contributed by atoms with E-state index in [9.17, 15) is 9.60 Å². The van der Waals surface area contributed by atoms with Crippen molar-refractivity contribution in [2.45, 2.75) is 6.54 Å². The number of amidine groups is 1. The van der Waals surface area contributed by atoms with Crippen LogP contribution in [-0.4, -0.2) is 31.0 Å². The van der Waals surface area contributed by atoms with Gasteiger partial charge in [-0.05, 0) is 36.4 Å². The number of pyridine rings is 2. The molecule has 0 aliphatic carbocycles. The fourth-order valence-electron chi connectivity index (χ4n) is 2.70. The molecule has 0 unspecified atom stereocenters. The number of rotatable bonds is 5. The number of aromatic nitrogens is 4. The Balaban J connectivity index is 1.66. The highest BCUT2D eigenvalue weighted by Crippen LogP contribution is 2.23. The molecule has 0 aliphatic heterocycles. The second-order valence-corrected chi connectivity index (χ2v) is 6.39. The molecule has 1 aromatic carbocycles. The van der Waals surface area contributed by atoms with Gasteiger partial charge in [0.2, 0.25) is 5.95 Å². The molecule has 4 N–H and O–H groups in total. The zero-order chi connectivity index (χ0) is 20.2. The lowest BCUT2D eigenvalue weighted by molar-refractivity contribution is 0.235. The molecule has 0 saturated carbocycles. The lowest BCUT2D eigenvalue weighted by atomic mass is 10.2. The number of anilines is 1. The van der Waals surface area contributed by atoms with E-state index in [1.54, 1.807) is 18.5 Å². The van der Waals surface area contributed by atoms with E-state index in [1.807, 2.05) is 18.2 Å². The van der Waals surface area contributed by atoms with Gasteiger partial charge in [-0.3, -0.25) is 15.7 Å². The van der Waals surface area contributed by atoms with Crippen molar-refractivity contribution in [2.75, 3.05) is 5.32 Å². The molecule has 10 heteroatoms. The van der Waals surface area contributed by atoms with Gasteiger partial charge in [0.1, 0.15) is 5.82 Å². The Morgan fingerprint density at radius 1 is 1.17 bits per heavy atom. The maximum Gasteiger partial charge on any atom is 0.203 e. The topological polar surface area (TPSA) is 111 Å². The van der Waals surface area contributed by atoms with Gasteiger partial charge < -0.3 is 10.3 Å². The first-order valence-corrected chi connectivity index (χ1v) is 8.94. The number of aliphatic imine (C=N–C) groups is 1. The second-order valence-electron chi connectivity index (χ2n) is 5.99. The van der Waals surface area contributed by atoms with Crippen LogP contribution in [0.3, 0.4) is 0 Å². The molecular weight excluding hydrogens is 397 g/mol. The van der Waals surface area contributed by atoms with Crippen molar-refractivity contribution >= 4 is 40.2 Å². The van der Waals surface area contributed by atoms with E-state index in [-0.39, 0.29) is 10.9 Å². The van der Waals surface area contributed by atoms with E-state index in [2.05, 4.69) is 35.7 Å². The van der Waals surface area contributed by atoms with Crippen molar-refractivity contribution in [1.82, 2.24) is 25.4 Å². The quantitative estimate of drug-likeness (QED) is 0.226. The summed E-state index contributed by atoms with van der Waals surface area (Å²) in [5, 5.41) is 12.7. The van der Waals surface area contributed by atoms with Crippen molar-refractivity contribution in [3.8, 4) is 0 Å². The average Bonchev–Trinajstić information content (AvgIpc) is 3.17. The third kappa shape index (κ3) is 4.15. The van der Waals surface area contributed by atoms with Gasteiger partial charge >= 0.3 is 0 Å². The van der Waals surface area contributed by atoms with Gasteiger partial charge in [-0.15, -0.1) is 0 Å². The molecule has 146 valence electrons. The summed E-state index contributed by atoms with van der Waals surface area (Å²) >= 11 is 5.80. The van der Waals surface area contributed by atoms with Crippen LogP contribution >= 0.6 is 11.6 Å². The van der Waals surface area contributed by atoms with Crippen LogP contribution in [0.1, 0.15) is 11.3 Å². The van der Waals surface area contributed by atoms with Crippen LogP contribution in [0, 0.1) is 5.82 Å². The van der Waals surface area contributed by atoms with E-state index < -0.39 is 5.82 Å². The minimum Gasteiger partial charge on any atom is -0.350 e. The van der Waals surface area contributed by atoms with E-state index in [0.717, 1.165) is 5.69 Å². The highest BCUT2D eigenvalue weighted by Gasteiger charge is 2.13. The van der Waals surface area contributed by atoms with E-state index in [1.165, 1.54) is 18.2 Å². The molecule has 0 radical (unpaired) electrons. The van der Waals surface area contributed by atoms with Crippen LogP contribution in [0.5, 0.6) is 0 Å². The predicted octanol–water partition coefficient (Wildman–Crippen LogP) is 3.81. The number of imidazole rings is 1. The van der Waals surface area contributed by atoms with Gasteiger partial charge in [0.05, 0.1) is 28.5 Å². The molecule has 0 spiro atoms. The fourth-order valence-corrected chi connectivity index (χ4v) is 2.87. The van der Waals surface area contributed by atoms with E-state index >= 15 is 0 Å². The predicted molar refractivity (Wildman–Crippen MR) is 108 cm³/mol. The Kier molecular flexibility index (Phi) is 5.32. The third-order valence-corrected chi connectivity index (χ3v) is 4.35. The number of hydrogen-bond acceptors (Lipinski definition) is 6. The highest BCUT2D eigenvalue weighted by molar-refractivity contribution is 6.31. The summed E-state index contributed by atoms with van der Waals surface area (Å²) < 4.78 is 13.4. The summed E-state index contributed by atoms with van der Waals surface area (Å²) in [5.41, 5.74) is 4.81. The fraction of sp³-hybridized carbons (Fsp3) is 0.0526. The number of H-pyrrole nitrogens is 1. The summed E-state index contributed by atoms with van der Waals surface area (Å²) in [5.74, 6) is 0.0698. The summed E-state index contributed by atoms with van der Waals surface area (Å²) in [6.45, 7) is 0.475. The van der Waals surface area contributed by atoms with Crippen LogP contribution in [0.4, 0.5) is 16.0 Å². The number of benzene rings is 1. The van der Waals surface area contributed by atoms with Crippen LogP contribution in [0.25, 0.3) is 11.2 Å². The monoisotopic (exact) mass is 411 g/mol. The Morgan fingerprint density at radius 3 is 2.83 bits per heavy atom. The molecule has 4 rings (SSSR count). The molecule has 3 heterocycles. The number of nitrogens with zero attached hydrogens (tertiary/aromatic N) is 4. The zero-order valence-electron chi connectivity index (χ0n) is 14.9. The van der Waals surface area contributed by atoms with Crippen molar-refractivity contribution in [3.05, 3.63) is 77.0 Å². The molecule has 0 aliphatic rings. The maximum absolute atomic E-state index is 13.4. The first-order valence-electron chi connectivity index (χ1n) is 8.57. The van der Waals surface area contributed by atoms with Crippen LogP contribution in [0.2, 0.25) is 5.02 Å². The smallest absolute Gasteiger partial charge is 0.203 e. The SMILES string of the molecule is ONC(=Nc1ccc(F)c(Cl)c1)c1ccnc2nc(NCc3ccccn3)[nH]c12. The van der Waals surface area contributed by atoms with Gasteiger partial charge in [0, 0.05) is 18.0 Å². The molecule has 0 bridgehead atoms. The number of hydroxylamine groups is 1. The Labute approximate surface area is 169 Å². The molecule has 0 atom stereocenters. The minimum absolute atomic E-state index is 0.0639. The van der Waals surface area contributed by atoms with Gasteiger partial charge in [-0.2, -0.15) is 4.98 Å². The molecule has 3 aromatic heterocycles. The number of hydrogen-bond donors (Lipinski definition) is 4. The summed E-state index contributed by atoms with van der Waals surface area (Å²) in [7, 11) is 0. The first kappa shape index (κ1) is 18.8. The second kappa shape index (κ2) is 8.21. The van der Waals surface area contributed by atoms with Crippen molar-refractivity contribution in [2.24, 2.45) is 4.99 Å². The molecule has 29 heavy (non-hydrogen) atoms. The summed E-state index contributed by atoms with van der Waals surface area (Å²) in [6, 6.07) is 11.3. The van der Waals surface area contributed by atoms with E-state index in [4.69, 9.17) is 11.6 Å². The minimum atomic E-state index is -0.549. The van der Waals surface area contributed by atoms with Crippen LogP contribution < -0.4 is 10.8 Å². The van der Waals surface area contributed by atoms with Crippen LogP contribution in [0.15, 0.2) is 59.9 Å². The van der Waals surface area contributed by atoms with Gasteiger partial charge in [-0.1, -0.05) is 17.7 Å². The zero-order valence-corrected chi connectivity index (χ0v) is 15.7.